The molecule has 1 aromatic carbocycles. The molecule has 0 amide bonds. The maximum absolute atomic E-state index is 14.0. The zero-order valence-electron chi connectivity index (χ0n) is 17.2. The first kappa shape index (κ1) is 19.6. The standard InChI is InChI=1S/C24H20FN3O2S/c1-14-13-31-23(27-14)19-11-18(17-6-5-16(25)10-21(17)30-2)22-20-12-26-8-7-15(20)4-3-9-28(22)24(19)29/h5-8,10-13H,3-4,9H2,1-2H3. The van der Waals surface area contributed by atoms with E-state index in [0.717, 1.165) is 46.5 Å². The molecule has 1 aliphatic rings. The molecule has 156 valence electrons. The Morgan fingerprint density at radius 3 is 2.77 bits per heavy atom. The van der Waals surface area contributed by atoms with Crippen LogP contribution in [-0.4, -0.2) is 21.6 Å². The highest BCUT2D eigenvalue weighted by Gasteiger charge is 2.25. The molecule has 0 radical (unpaired) electrons. The lowest BCUT2D eigenvalue weighted by molar-refractivity contribution is 0.413. The van der Waals surface area contributed by atoms with Gasteiger partial charge in [-0.15, -0.1) is 11.3 Å². The van der Waals surface area contributed by atoms with E-state index in [4.69, 9.17) is 4.74 Å². The van der Waals surface area contributed by atoms with Crippen molar-refractivity contribution < 1.29 is 9.13 Å². The summed E-state index contributed by atoms with van der Waals surface area (Å²) in [6.45, 7) is 2.49. The molecule has 0 saturated carbocycles. The summed E-state index contributed by atoms with van der Waals surface area (Å²) in [5, 5.41) is 2.61. The summed E-state index contributed by atoms with van der Waals surface area (Å²) in [7, 11) is 1.52. The van der Waals surface area contributed by atoms with Gasteiger partial charge in [-0.2, -0.15) is 0 Å². The van der Waals surface area contributed by atoms with E-state index in [1.54, 1.807) is 18.5 Å². The smallest absolute Gasteiger partial charge is 0.261 e. The van der Waals surface area contributed by atoms with Crippen molar-refractivity contribution in [2.45, 2.75) is 26.3 Å². The van der Waals surface area contributed by atoms with Crippen LogP contribution in [0.4, 0.5) is 4.39 Å². The van der Waals surface area contributed by atoms with Crippen LogP contribution in [0, 0.1) is 12.7 Å². The van der Waals surface area contributed by atoms with E-state index in [0.29, 0.717) is 22.9 Å². The predicted octanol–water partition coefficient (Wildman–Crippen LogP) is 5.10. The molecule has 5 nitrogen and oxygen atoms in total. The molecule has 0 atom stereocenters. The quantitative estimate of drug-likeness (QED) is 0.451. The molecule has 31 heavy (non-hydrogen) atoms. The summed E-state index contributed by atoms with van der Waals surface area (Å²) in [6.07, 6.45) is 5.27. The highest BCUT2D eigenvalue weighted by Crippen LogP contribution is 2.41. The van der Waals surface area contributed by atoms with E-state index in [9.17, 15) is 9.18 Å². The van der Waals surface area contributed by atoms with Crippen LogP contribution in [0.15, 0.2) is 52.9 Å². The summed E-state index contributed by atoms with van der Waals surface area (Å²) in [5.74, 6) is 0.0371. The molecule has 5 rings (SSSR count). The van der Waals surface area contributed by atoms with Crippen molar-refractivity contribution in [3.05, 3.63) is 75.5 Å². The number of nitrogens with zero attached hydrogens (tertiary/aromatic N) is 3. The van der Waals surface area contributed by atoms with Gasteiger partial charge < -0.3 is 9.30 Å². The number of aromatic nitrogens is 3. The fraction of sp³-hybridized carbons (Fsp3) is 0.208. The van der Waals surface area contributed by atoms with E-state index in [-0.39, 0.29) is 11.4 Å². The van der Waals surface area contributed by atoms with Gasteiger partial charge in [0.1, 0.15) is 16.6 Å². The number of thiazole rings is 1. The van der Waals surface area contributed by atoms with Gasteiger partial charge in [-0.05, 0) is 49.6 Å². The van der Waals surface area contributed by atoms with Crippen LogP contribution in [0.2, 0.25) is 0 Å². The van der Waals surface area contributed by atoms with E-state index in [1.165, 1.54) is 30.6 Å². The summed E-state index contributed by atoms with van der Waals surface area (Å²) in [5.41, 5.74) is 5.69. The fourth-order valence-electron chi connectivity index (χ4n) is 4.18. The molecule has 0 spiro atoms. The Kier molecular flexibility index (Phi) is 4.90. The molecular weight excluding hydrogens is 413 g/mol. The van der Waals surface area contributed by atoms with Gasteiger partial charge in [-0.3, -0.25) is 9.78 Å². The Morgan fingerprint density at radius 1 is 1.13 bits per heavy atom. The Balaban J connectivity index is 1.90. The van der Waals surface area contributed by atoms with Gasteiger partial charge in [-0.1, -0.05) is 0 Å². The lowest BCUT2D eigenvalue weighted by Crippen LogP contribution is -2.24. The zero-order chi connectivity index (χ0) is 21.5. The molecule has 0 aliphatic carbocycles. The third-order valence-corrected chi connectivity index (χ3v) is 6.58. The lowest BCUT2D eigenvalue weighted by atomic mass is 9.95. The van der Waals surface area contributed by atoms with Crippen LogP contribution >= 0.6 is 11.3 Å². The first-order valence-corrected chi connectivity index (χ1v) is 10.9. The Hall–Kier alpha value is -3.32. The third-order valence-electron chi connectivity index (χ3n) is 5.59. The molecule has 0 bridgehead atoms. The molecule has 0 unspecified atom stereocenters. The second kappa shape index (κ2) is 7.74. The largest absolute Gasteiger partial charge is 0.496 e. The van der Waals surface area contributed by atoms with Gasteiger partial charge in [0, 0.05) is 52.8 Å². The van der Waals surface area contributed by atoms with Gasteiger partial charge in [0.05, 0.1) is 18.4 Å². The molecule has 0 N–H and O–H groups in total. The SMILES string of the molecule is COc1cc(F)ccc1-c1cc(-c2nc(C)cs2)c(=O)n2c1-c1cnccc1CCC2. The third kappa shape index (κ3) is 3.35. The molecule has 1 aliphatic heterocycles. The second-order valence-electron chi connectivity index (χ2n) is 7.55. The second-order valence-corrected chi connectivity index (χ2v) is 8.41. The van der Waals surface area contributed by atoms with Gasteiger partial charge in [0.25, 0.3) is 5.56 Å². The fourth-order valence-corrected chi connectivity index (χ4v) is 4.98. The van der Waals surface area contributed by atoms with Crippen molar-refractivity contribution in [2.24, 2.45) is 0 Å². The molecule has 4 heterocycles. The lowest BCUT2D eigenvalue weighted by Gasteiger charge is -2.19. The molecular formula is C24H20FN3O2S. The highest BCUT2D eigenvalue weighted by molar-refractivity contribution is 7.13. The molecule has 7 heteroatoms. The van der Waals surface area contributed by atoms with E-state index >= 15 is 0 Å². The normalized spacial score (nSPS) is 12.7. The minimum atomic E-state index is -0.377. The molecule has 0 fully saturated rings. The van der Waals surface area contributed by atoms with Gasteiger partial charge in [-0.25, -0.2) is 9.37 Å². The van der Waals surface area contributed by atoms with Crippen LogP contribution in [0.5, 0.6) is 5.75 Å². The Bertz CT molecular complexity index is 1360. The number of hydrogen-bond donors (Lipinski definition) is 0. The van der Waals surface area contributed by atoms with Crippen LogP contribution in [-0.2, 0) is 13.0 Å². The number of hydrogen-bond acceptors (Lipinski definition) is 5. The number of halogens is 1. The van der Waals surface area contributed by atoms with Gasteiger partial charge in [0.2, 0.25) is 0 Å². The van der Waals surface area contributed by atoms with Crippen molar-refractivity contribution in [1.29, 1.82) is 0 Å². The number of benzene rings is 1. The number of ether oxygens (including phenoxy) is 1. The van der Waals surface area contributed by atoms with Crippen molar-refractivity contribution in [3.8, 4) is 38.7 Å². The first-order chi connectivity index (χ1) is 15.1. The predicted molar refractivity (Wildman–Crippen MR) is 120 cm³/mol. The first-order valence-electron chi connectivity index (χ1n) is 10.0. The number of pyridine rings is 2. The minimum absolute atomic E-state index is 0.0779. The van der Waals surface area contributed by atoms with Crippen LogP contribution in [0.1, 0.15) is 17.7 Å². The van der Waals surface area contributed by atoms with Crippen molar-refractivity contribution in [3.63, 3.8) is 0 Å². The maximum atomic E-state index is 14.0. The average Bonchev–Trinajstić information content (AvgIpc) is 3.10. The molecule has 4 aromatic rings. The zero-order valence-corrected chi connectivity index (χ0v) is 18.0. The summed E-state index contributed by atoms with van der Waals surface area (Å²) < 4.78 is 21.3. The van der Waals surface area contributed by atoms with E-state index in [2.05, 4.69) is 9.97 Å². The number of methoxy groups -OCH3 is 1. The van der Waals surface area contributed by atoms with Crippen molar-refractivity contribution in [2.75, 3.05) is 7.11 Å². The Morgan fingerprint density at radius 2 is 2.00 bits per heavy atom. The average molecular weight is 434 g/mol. The summed E-state index contributed by atoms with van der Waals surface area (Å²) in [6, 6.07) is 8.34. The number of fused-ring (bicyclic) bond motifs is 3. The monoisotopic (exact) mass is 433 g/mol. The Labute approximate surface area is 182 Å². The highest BCUT2D eigenvalue weighted by atomic mass is 32.1. The van der Waals surface area contributed by atoms with Crippen LogP contribution in [0.3, 0.4) is 0 Å². The molecule has 0 saturated heterocycles. The van der Waals surface area contributed by atoms with E-state index < -0.39 is 0 Å². The summed E-state index contributed by atoms with van der Waals surface area (Å²) in [4.78, 5) is 22.5. The van der Waals surface area contributed by atoms with E-state index in [1.807, 2.05) is 29.0 Å². The van der Waals surface area contributed by atoms with Crippen molar-refractivity contribution in [1.82, 2.24) is 14.5 Å². The number of aryl methyl sites for hydroxylation is 2. The number of rotatable bonds is 3. The topological polar surface area (TPSA) is 57.0 Å². The van der Waals surface area contributed by atoms with Crippen molar-refractivity contribution >= 4 is 11.3 Å². The van der Waals surface area contributed by atoms with Gasteiger partial charge >= 0.3 is 0 Å². The minimum Gasteiger partial charge on any atom is -0.496 e. The van der Waals surface area contributed by atoms with Crippen LogP contribution < -0.4 is 10.3 Å². The molecule has 3 aromatic heterocycles. The maximum Gasteiger partial charge on any atom is 0.261 e. The summed E-state index contributed by atoms with van der Waals surface area (Å²) >= 11 is 1.45. The van der Waals surface area contributed by atoms with Crippen LogP contribution in [0.25, 0.3) is 33.0 Å². The van der Waals surface area contributed by atoms with Gasteiger partial charge in [0.15, 0.2) is 0 Å².